The van der Waals surface area contributed by atoms with Crippen molar-refractivity contribution in [1.82, 2.24) is 10.2 Å². The number of likely N-dealkylation sites (N-methyl/N-ethyl adjacent to an activating group) is 1. The highest BCUT2D eigenvalue weighted by Gasteiger charge is 2.64. The summed E-state index contributed by atoms with van der Waals surface area (Å²) in [5.74, 6) is -6.88. The van der Waals surface area contributed by atoms with Crippen LogP contribution in [0.3, 0.4) is 0 Å². The Bertz CT molecular complexity index is 1450. The van der Waals surface area contributed by atoms with Crippen LogP contribution in [0.15, 0.2) is 28.1 Å². The predicted octanol–water partition coefficient (Wildman–Crippen LogP) is 1.47. The number of fused-ring (bicyclic) bond motifs is 3. The standard InChI is InChI=1S/C30H40N4O8/c1-13(33-42-7)16-9-15(11-32-12-29(2,3)4)23(35)20-17(16)8-14-10-18-22(34(5)6)25(37)21(28(31)40)27(39)30(18,41)26(38)19(14)24(20)36/h9,14,18,22,32,35-36,39,41H,8,10-12H2,1-7H3,(H2,31,40)/b33-13+/t14-,18+,22-,30-/m1/s1. The summed E-state index contributed by atoms with van der Waals surface area (Å²) in [5.41, 5.74) is 3.67. The van der Waals surface area contributed by atoms with Gasteiger partial charge in [-0.05, 0) is 56.8 Å². The normalized spacial score (nSPS) is 26.3. The van der Waals surface area contributed by atoms with Gasteiger partial charge >= 0.3 is 0 Å². The van der Waals surface area contributed by atoms with Gasteiger partial charge in [-0.25, -0.2) is 0 Å². The number of carbonyl (C=O) groups is 3. The Morgan fingerprint density at radius 2 is 1.88 bits per heavy atom. The number of primary amides is 1. The molecule has 1 aromatic rings. The lowest BCUT2D eigenvalue weighted by Crippen LogP contribution is -2.65. The molecule has 1 amide bonds. The molecule has 1 saturated carbocycles. The SMILES string of the molecule is CO/N=C(\C)c1cc(CNCC(C)(C)C)c(O)c2c1C[C@@H]1C[C@H]3[C@@H](N(C)C)C(=O)C(C(N)=O)=C(O)[C@]3(O)C(=O)C1=C2O. The predicted molar refractivity (Wildman–Crippen MR) is 155 cm³/mol. The van der Waals surface area contributed by atoms with Crippen LogP contribution in [0, 0.1) is 17.3 Å². The summed E-state index contributed by atoms with van der Waals surface area (Å²) in [6, 6.07) is 0.616. The van der Waals surface area contributed by atoms with E-state index in [9.17, 15) is 34.8 Å². The highest BCUT2D eigenvalue weighted by molar-refractivity contribution is 6.24. The largest absolute Gasteiger partial charge is 0.508 e. The monoisotopic (exact) mass is 584 g/mol. The number of nitrogens with two attached hydrogens (primary N) is 1. The molecule has 12 nitrogen and oxygen atoms in total. The number of ketones is 2. The number of nitrogens with one attached hydrogen (secondary N) is 1. The molecular formula is C30H40N4O8. The van der Waals surface area contributed by atoms with Crippen molar-refractivity contribution in [3.05, 3.63) is 45.2 Å². The number of aromatic hydroxyl groups is 1. The number of aliphatic hydroxyl groups excluding tert-OH is 2. The van der Waals surface area contributed by atoms with E-state index >= 15 is 0 Å². The first-order chi connectivity index (χ1) is 19.5. The number of amides is 1. The van der Waals surface area contributed by atoms with E-state index in [1.165, 1.54) is 12.0 Å². The number of aliphatic hydroxyl groups is 3. The summed E-state index contributed by atoms with van der Waals surface area (Å²) in [6.45, 7) is 8.77. The summed E-state index contributed by atoms with van der Waals surface area (Å²) in [5, 5.41) is 53.3. The summed E-state index contributed by atoms with van der Waals surface area (Å²) >= 11 is 0. The number of phenols is 1. The van der Waals surface area contributed by atoms with E-state index in [-0.39, 0.29) is 41.7 Å². The Morgan fingerprint density at radius 1 is 1.24 bits per heavy atom. The molecule has 0 saturated heterocycles. The third-order valence-electron chi connectivity index (χ3n) is 8.39. The minimum Gasteiger partial charge on any atom is -0.508 e. The maximum atomic E-state index is 14.1. The molecule has 12 heteroatoms. The van der Waals surface area contributed by atoms with Gasteiger partial charge in [0, 0.05) is 35.7 Å². The molecule has 1 fully saturated rings. The van der Waals surface area contributed by atoms with Crippen LogP contribution in [-0.2, 0) is 32.2 Å². The highest BCUT2D eigenvalue weighted by atomic mass is 16.6. The van der Waals surface area contributed by atoms with Gasteiger partial charge in [0.2, 0.25) is 5.78 Å². The van der Waals surface area contributed by atoms with E-state index in [2.05, 4.69) is 31.2 Å². The van der Waals surface area contributed by atoms with Crippen molar-refractivity contribution in [2.24, 2.45) is 28.1 Å². The van der Waals surface area contributed by atoms with E-state index in [1.807, 2.05) is 0 Å². The fraction of sp³-hybridized carbons (Fsp3) is 0.533. The Morgan fingerprint density at radius 3 is 2.43 bits per heavy atom. The first-order valence-electron chi connectivity index (χ1n) is 13.8. The lowest BCUT2D eigenvalue weighted by molar-refractivity contribution is -0.153. The molecule has 0 bridgehead atoms. The van der Waals surface area contributed by atoms with Crippen LogP contribution >= 0.6 is 0 Å². The lowest BCUT2D eigenvalue weighted by Gasteiger charge is -2.50. The van der Waals surface area contributed by atoms with E-state index in [4.69, 9.17) is 10.6 Å². The van der Waals surface area contributed by atoms with Crippen molar-refractivity contribution in [2.75, 3.05) is 27.7 Å². The van der Waals surface area contributed by atoms with Gasteiger partial charge in [0.1, 0.15) is 30.0 Å². The summed E-state index contributed by atoms with van der Waals surface area (Å²) < 4.78 is 0. The zero-order valence-corrected chi connectivity index (χ0v) is 25.0. The van der Waals surface area contributed by atoms with Crippen molar-refractivity contribution in [2.45, 2.75) is 58.7 Å². The van der Waals surface area contributed by atoms with Gasteiger partial charge in [-0.2, -0.15) is 0 Å². The molecule has 1 aromatic carbocycles. The number of hydrogen-bond donors (Lipinski definition) is 6. The Kier molecular flexibility index (Phi) is 8.04. The third kappa shape index (κ3) is 4.87. The number of oxime groups is 1. The molecule has 4 rings (SSSR count). The van der Waals surface area contributed by atoms with Gasteiger partial charge in [-0.3, -0.25) is 19.3 Å². The molecule has 0 aromatic heterocycles. The summed E-state index contributed by atoms with van der Waals surface area (Å²) in [4.78, 5) is 46.0. The van der Waals surface area contributed by atoms with E-state index < -0.39 is 58.0 Å². The Balaban J connectivity index is 1.95. The van der Waals surface area contributed by atoms with Crippen LogP contribution in [0.2, 0.25) is 0 Å². The fourth-order valence-corrected chi connectivity index (χ4v) is 6.58. The second-order valence-corrected chi connectivity index (χ2v) is 12.8. The molecule has 3 aliphatic rings. The van der Waals surface area contributed by atoms with E-state index in [0.717, 1.165) is 0 Å². The number of benzene rings is 1. The zero-order chi connectivity index (χ0) is 31.5. The number of rotatable bonds is 7. The van der Waals surface area contributed by atoms with Crippen LogP contribution in [0.1, 0.15) is 56.4 Å². The smallest absolute Gasteiger partial charge is 0.255 e. The molecule has 42 heavy (non-hydrogen) atoms. The van der Waals surface area contributed by atoms with Gasteiger partial charge in [-0.1, -0.05) is 25.9 Å². The molecular weight excluding hydrogens is 544 g/mol. The van der Waals surface area contributed by atoms with Gasteiger partial charge < -0.3 is 36.3 Å². The first-order valence-corrected chi connectivity index (χ1v) is 13.8. The van der Waals surface area contributed by atoms with Gasteiger partial charge in [0.05, 0.1) is 17.3 Å². The minimum absolute atomic E-state index is 0.00131. The topological polar surface area (TPSA) is 195 Å². The molecule has 0 unspecified atom stereocenters. The first kappa shape index (κ1) is 31.2. The average Bonchev–Trinajstić information content (AvgIpc) is 2.86. The summed E-state index contributed by atoms with van der Waals surface area (Å²) in [7, 11) is 4.52. The van der Waals surface area contributed by atoms with E-state index in [1.54, 1.807) is 27.1 Å². The van der Waals surface area contributed by atoms with Gasteiger partial charge in [0.25, 0.3) is 5.91 Å². The van der Waals surface area contributed by atoms with Crippen LogP contribution in [-0.4, -0.2) is 87.9 Å². The fourth-order valence-electron chi connectivity index (χ4n) is 6.58. The van der Waals surface area contributed by atoms with Crippen molar-refractivity contribution in [1.29, 1.82) is 0 Å². The molecule has 0 radical (unpaired) electrons. The van der Waals surface area contributed by atoms with Crippen LogP contribution < -0.4 is 11.1 Å². The average molecular weight is 585 g/mol. The highest BCUT2D eigenvalue weighted by Crippen LogP contribution is 2.53. The van der Waals surface area contributed by atoms with Crippen LogP contribution in [0.25, 0.3) is 5.76 Å². The number of carbonyl (C=O) groups excluding carboxylic acids is 3. The molecule has 3 aliphatic carbocycles. The number of Topliss-reactive ketones (excluding diaryl/α,β-unsaturated/α-hetero) is 2. The number of hydrogen-bond acceptors (Lipinski definition) is 11. The Labute approximate surface area is 244 Å². The Hall–Kier alpha value is -3.74. The molecule has 0 heterocycles. The second-order valence-electron chi connectivity index (χ2n) is 12.8. The number of phenolic OH excluding ortho intramolecular Hbond substituents is 1. The molecule has 7 N–H and O–H groups in total. The van der Waals surface area contributed by atoms with Gasteiger partial charge in [0.15, 0.2) is 11.4 Å². The van der Waals surface area contributed by atoms with Gasteiger partial charge in [-0.15, -0.1) is 0 Å². The molecule has 4 atom stereocenters. The quantitative estimate of drug-likeness (QED) is 0.155. The molecule has 228 valence electrons. The van der Waals surface area contributed by atoms with Crippen molar-refractivity contribution in [3.8, 4) is 5.75 Å². The van der Waals surface area contributed by atoms with Crippen molar-refractivity contribution >= 4 is 28.9 Å². The third-order valence-corrected chi connectivity index (χ3v) is 8.39. The van der Waals surface area contributed by atoms with Crippen LogP contribution in [0.4, 0.5) is 0 Å². The van der Waals surface area contributed by atoms with Crippen molar-refractivity contribution in [3.63, 3.8) is 0 Å². The zero-order valence-electron chi connectivity index (χ0n) is 25.0. The van der Waals surface area contributed by atoms with Crippen LogP contribution in [0.5, 0.6) is 5.75 Å². The molecule has 0 aliphatic heterocycles. The van der Waals surface area contributed by atoms with E-state index in [0.29, 0.717) is 28.9 Å². The second kappa shape index (κ2) is 10.8. The molecule has 0 spiro atoms. The summed E-state index contributed by atoms with van der Waals surface area (Å²) in [6.07, 6.45) is 0.158. The van der Waals surface area contributed by atoms with Crippen molar-refractivity contribution < 1.29 is 39.6 Å². The number of nitrogens with zero attached hydrogens (tertiary/aromatic N) is 2. The minimum atomic E-state index is -2.69. The maximum Gasteiger partial charge on any atom is 0.255 e. The maximum absolute atomic E-state index is 14.1. The lowest BCUT2D eigenvalue weighted by atomic mass is 9.57.